The zero-order valence-corrected chi connectivity index (χ0v) is 11.1. The molecule has 1 saturated carbocycles. The predicted molar refractivity (Wildman–Crippen MR) is 78.2 cm³/mol. The van der Waals surface area contributed by atoms with Crippen LogP contribution in [0.2, 0.25) is 0 Å². The van der Waals surface area contributed by atoms with Gasteiger partial charge in [0, 0.05) is 48.1 Å². The molecule has 1 aliphatic carbocycles. The van der Waals surface area contributed by atoms with Crippen LogP contribution in [0.25, 0.3) is 10.8 Å². The summed E-state index contributed by atoms with van der Waals surface area (Å²) in [7, 11) is 2.09. The van der Waals surface area contributed by atoms with Crippen LogP contribution in [0, 0.1) is 5.92 Å². The summed E-state index contributed by atoms with van der Waals surface area (Å²) in [5, 5.41) is 11.5. The Morgan fingerprint density at radius 3 is 2.84 bits per heavy atom. The Hall–Kier alpha value is -1.81. The molecule has 3 rings (SSSR count). The van der Waals surface area contributed by atoms with Gasteiger partial charge in [0.2, 0.25) is 0 Å². The van der Waals surface area contributed by atoms with Gasteiger partial charge in [-0.25, -0.2) is 0 Å². The molecule has 0 spiro atoms. The molecule has 0 saturated heterocycles. The quantitative estimate of drug-likeness (QED) is 0.826. The Kier molecular flexibility index (Phi) is 3.03. The highest BCUT2D eigenvalue weighted by Gasteiger charge is 2.28. The summed E-state index contributed by atoms with van der Waals surface area (Å²) in [6.45, 7) is 0.963. The van der Waals surface area contributed by atoms with Gasteiger partial charge in [-0.1, -0.05) is 0 Å². The fourth-order valence-corrected chi connectivity index (χ4v) is 2.87. The van der Waals surface area contributed by atoms with Gasteiger partial charge in [0.05, 0.1) is 6.10 Å². The number of fused-ring (bicyclic) bond motifs is 1. The summed E-state index contributed by atoms with van der Waals surface area (Å²) in [6.07, 6.45) is 5.37. The van der Waals surface area contributed by atoms with Crippen LogP contribution in [0.5, 0.6) is 0 Å². The lowest BCUT2D eigenvalue weighted by Crippen LogP contribution is -2.37. The van der Waals surface area contributed by atoms with Gasteiger partial charge in [0.15, 0.2) is 0 Å². The van der Waals surface area contributed by atoms with Crippen LogP contribution in [-0.4, -0.2) is 29.8 Å². The van der Waals surface area contributed by atoms with Gasteiger partial charge in [-0.3, -0.25) is 4.98 Å². The second kappa shape index (κ2) is 4.70. The van der Waals surface area contributed by atoms with Gasteiger partial charge < -0.3 is 15.7 Å². The minimum Gasteiger partial charge on any atom is -0.398 e. The van der Waals surface area contributed by atoms with E-state index in [2.05, 4.69) is 23.0 Å². The van der Waals surface area contributed by atoms with Gasteiger partial charge in [-0.2, -0.15) is 0 Å². The molecule has 0 bridgehead atoms. The lowest BCUT2D eigenvalue weighted by molar-refractivity contribution is 0.0465. The monoisotopic (exact) mass is 257 g/mol. The first-order valence-corrected chi connectivity index (χ1v) is 6.66. The van der Waals surface area contributed by atoms with Crippen molar-refractivity contribution in [1.82, 2.24) is 4.98 Å². The molecular formula is C15H19N3O. The maximum Gasteiger partial charge on any atom is 0.0546 e. The molecule has 4 heteroatoms. The van der Waals surface area contributed by atoms with Gasteiger partial charge >= 0.3 is 0 Å². The summed E-state index contributed by atoms with van der Waals surface area (Å²) >= 11 is 0. The molecule has 100 valence electrons. The van der Waals surface area contributed by atoms with Crippen molar-refractivity contribution in [2.75, 3.05) is 24.2 Å². The Bertz CT molecular complexity index is 593. The number of hydrogen-bond donors (Lipinski definition) is 2. The van der Waals surface area contributed by atoms with Crippen molar-refractivity contribution in [3.63, 3.8) is 0 Å². The third-order valence-corrected chi connectivity index (χ3v) is 3.98. The van der Waals surface area contributed by atoms with Crippen LogP contribution >= 0.6 is 0 Å². The lowest BCUT2D eigenvalue weighted by atomic mass is 9.82. The molecule has 0 atom stereocenters. The summed E-state index contributed by atoms with van der Waals surface area (Å²) < 4.78 is 0. The molecular weight excluding hydrogens is 238 g/mol. The average Bonchev–Trinajstić information content (AvgIpc) is 2.37. The normalized spacial score (nSPS) is 22.2. The smallest absolute Gasteiger partial charge is 0.0546 e. The van der Waals surface area contributed by atoms with Crippen molar-refractivity contribution in [2.24, 2.45) is 5.92 Å². The lowest BCUT2D eigenvalue weighted by Gasteiger charge is -2.35. The van der Waals surface area contributed by atoms with Crippen molar-refractivity contribution in [1.29, 1.82) is 0 Å². The number of benzene rings is 1. The number of pyridine rings is 1. The van der Waals surface area contributed by atoms with E-state index in [-0.39, 0.29) is 6.10 Å². The molecule has 0 unspecified atom stereocenters. The highest BCUT2D eigenvalue weighted by molar-refractivity contribution is 6.00. The van der Waals surface area contributed by atoms with Crippen LogP contribution in [0.15, 0.2) is 30.6 Å². The number of rotatable bonds is 3. The highest BCUT2D eigenvalue weighted by Crippen LogP contribution is 2.33. The van der Waals surface area contributed by atoms with Gasteiger partial charge in [-0.05, 0) is 37.0 Å². The maximum absolute atomic E-state index is 9.36. The van der Waals surface area contributed by atoms with Gasteiger partial charge in [0.25, 0.3) is 0 Å². The van der Waals surface area contributed by atoms with Crippen LogP contribution in [0.4, 0.5) is 11.4 Å². The third kappa shape index (κ3) is 2.24. The summed E-state index contributed by atoms with van der Waals surface area (Å²) in [4.78, 5) is 6.44. The summed E-state index contributed by atoms with van der Waals surface area (Å²) in [6, 6.07) is 5.95. The number of aliphatic hydroxyl groups excluding tert-OH is 1. The van der Waals surface area contributed by atoms with Crippen molar-refractivity contribution in [3.8, 4) is 0 Å². The van der Waals surface area contributed by atoms with Crippen LogP contribution < -0.4 is 10.6 Å². The molecule has 1 aromatic carbocycles. The molecule has 1 aliphatic rings. The standard InChI is InChI=1S/C15H19N3O/c1-18(9-10-6-11(19)7-10)15-3-2-14(16)12-4-5-17-8-13(12)15/h2-5,8,10-11,19H,6-7,9,16H2,1H3. The van der Waals surface area contributed by atoms with Crippen LogP contribution in [-0.2, 0) is 0 Å². The maximum atomic E-state index is 9.36. The molecule has 0 amide bonds. The molecule has 2 aromatic rings. The van der Waals surface area contributed by atoms with Crippen molar-refractivity contribution >= 4 is 22.1 Å². The Labute approximate surface area is 112 Å². The Balaban J connectivity index is 1.89. The van der Waals surface area contributed by atoms with E-state index in [9.17, 15) is 5.11 Å². The number of nitrogens with two attached hydrogens (primary N) is 1. The fourth-order valence-electron chi connectivity index (χ4n) is 2.87. The fraction of sp³-hybridized carbons (Fsp3) is 0.400. The topological polar surface area (TPSA) is 62.4 Å². The van der Waals surface area contributed by atoms with E-state index in [0.717, 1.165) is 41.5 Å². The predicted octanol–water partition coefficient (Wildman–Crippen LogP) is 2.02. The number of nitrogen functional groups attached to an aromatic ring is 1. The number of anilines is 2. The Morgan fingerprint density at radius 1 is 1.32 bits per heavy atom. The van der Waals surface area contributed by atoms with Crippen molar-refractivity contribution in [3.05, 3.63) is 30.6 Å². The van der Waals surface area contributed by atoms with E-state index in [1.54, 1.807) is 6.20 Å². The first kappa shape index (κ1) is 12.2. The molecule has 1 aromatic heterocycles. The van der Waals surface area contributed by atoms with Crippen molar-refractivity contribution in [2.45, 2.75) is 18.9 Å². The molecule has 3 N–H and O–H groups in total. The summed E-state index contributed by atoms with van der Waals surface area (Å²) in [5.41, 5.74) is 7.94. The molecule has 1 heterocycles. The van der Waals surface area contributed by atoms with Gasteiger partial charge in [0.1, 0.15) is 0 Å². The number of nitrogens with zero attached hydrogens (tertiary/aromatic N) is 2. The molecule has 1 fully saturated rings. The molecule has 0 radical (unpaired) electrons. The minimum atomic E-state index is -0.0942. The van der Waals surface area contributed by atoms with E-state index < -0.39 is 0 Å². The number of aliphatic hydroxyl groups is 1. The van der Waals surface area contributed by atoms with Gasteiger partial charge in [-0.15, -0.1) is 0 Å². The minimum absolute atomic E-state index is 0.0942. The molecule has 0 aliphatic heterocycles. The first-order chi connectivity index (χ1) is 9.15. The van der Waals surface area contributed by atoms with E-state index in [1.165, 1.54) is 0 Å². The summed E-state index contributed by atoms with van der Waals surface area (Å²) in [5.74, 6) is 0.587. The van der Waals surface area contributed by atoms with E-state index in [4.69, 9.17) is 5.73 Å². The van der Waals surface area contributed by atoms with E-state index in [0.29, 0.717) is 5.92 Å². The second-order valence-electron chi connectivity index (χ2n) is 5.47. The number of aromatic nitrogens is 1. The zero-order valence-electron chi connectivity index (χ0n) is 11.1. The third-order valence-electron chi connectivity index (χ3n) is 3.98. The Morgan fingerprint density at radius 2 is 2.11 bits per heavy atom. The molecule has 19 heavy (non-hydrogen) atoms. The first-order valence-electron chi connectivity index (χ1n) is 6.66. The second-order valence-corrected chi connectivity index (χ2v) is 5.47. The van der Waals surface area contributed by atoms with E-state index in [1.807, 2.05) is 18.3 Å². The largest absolute Gasteiger partial charge is 0.398 e. The number of hydrogen-bond acceptors (Lipinski definition) is 4. The zero-order chi connectivity index (χ0) is 13.4. The van der Waals surface area contributed by atoms with Crippen LogP contribution in [0.3, 0.4) is 0 Å². The average molecular weight is 257 g/mol. The SMILES string of the molecule is CN(CC1CC(O)C1)c1ccc(N)c2ccncc12. The molecule has 4 nitrogen and oxygen atoms in total. The highest BCUT2D eigenvalue weighted by atomic mass is 16.3. The van der Waals surface area contributed by atoms with Crippen molar-refractivity contribution < 1.29 is 5.11 Å². The van der Waals surface area contributed by atoms with Crippen LogP contribution in [0.1, 0.15) is 12.8 Å². The van der Waals surface area contributed by atoms with E-state index >= 15 is 0 Å².